The number of hydrogen-bond acceptors (Lipinski definition) is 7. The molecule has 0 radical (unpaired) electrons. The van der Waals surface area contributed by atoms with Crippen molar-refractivity contribution in [2.45, 2.75) is 138 Å². The number of Topliss-reactive ketones (excluding diaryl/α,β-unsaturated/α-hetero) is 1. The normalized spacial score (nSPS) is 25.7. The number of rotatable bonds is 14. The molecule has 2 aromatic rings. The fraction of sp³-hybridized carbons (Fsp3) is 0.562. The highest BCUT2D eigenvalue weighted by Gasteiger charge is 2.50. The van der Waals surface area contributed by atoms with Crippen LogP contribution in [0.3, 0.4) is 0 Å². The Morgan fingerprint density at radius 2 is 1.74 bits per heavy atom. The number of nitrogens with zero attached hydrogens (tertiary/aromatic N) is 1. The maximum atomic E-state index is 14.3. The van der Waals surface area contributed by atoms with Crippen molar-refractivity contribution in [2.24, 2.45) is 35.0 Å². The Kier molecular flexibility index (Phi) is 15.5. The Balaban J connectivity index is 1.35. The number of thiophene rings is 1. The molecular weight excluding hydrogens is 798 g/mol. The molecule has 5 rings (SSSR count). The Hall–Kier alpha value is -3.27. The van der Waals surface area contributed by atoms with Gasteiger partial charge in [-0.25, -0.2) is 9.59 Å². The second-order valence-corrected chi connectivity index (χ2v) is 20.6. The average molecular weight is 863 g/mol. The molecule has 7 nitrogen and oxygen atoms in total. The van der Waals surface area contributed by atoms with Gasteiger partial charge in [0.25, 0.3) is 0 Å². The molecule has 7 atom stereocenters. The molecule has 0 spiro atoms. The number of carbonyl (C=O) groups excluding carboxylic acids is 3. The second kappa shape index (κ2) is 19.7. The Morgan fingerprint density at radius 1 is 1.00 bits per heavy atom. The Morgan fingerprint density at radius 3 is 2.40 bits per heavy atom. The van der Waals surface area contributed by atoms with Crippen LogP contribution in [-0.4, -0.2) is 40.7 Å². The molecule has 310 valence electrons. The van der Waals surface area contributed by atoms with Crippen molar-refractivity contribution in [1.82, 2.24) is 5.06 Å². The van der Waals surface area contributed by atoms with E-state index in [9.17, 15) is 14.4 Å². The van der Waals surface area contributed by atoms with E-state index in [1.54, 1.807) is 32.9 Å². The van der Waals surface area contributed by atoms with E-state index in [2.05, 4.69) is 81.4 Å². The fourth-order valence-electron chi connectivity index (χ4n) is 8.87. The van der Waals surface area contributed by atoms with Gasteiger partial charge in [0.1, 0.15) is 18.3 Å². The number of esters is 1. The van der Waals surface area contributed by atoms with Gasteiger partial charge in [-0.2, -0.15) is 5.06 Å². The molecule has 3 saturated carbocycles. The van der Waals surface area contributed by atoms with Gasteiger partial charge in [-0.15, -0.1) is 11.3 Å². The van der Waals surface area contributed by atoms with E-state index in [-0.39, 0.29) is 24.2 Å². The van der Waals surface area contributed by atoms with E-state index in [0.29, 0.717) is 53.7 Å². The summed E-state index contributed by atoms with van der Waals surface area (Å²) >= 11 is 4.70. The van der Waals surface area contributed by atoms with Crippen LogP contribution in [0, 0.1) is 35.0 Å². The first-order chi connectivity index (χ1) is 26.9. The number of ether oxygens (including phenoxy) is 2. The summed E-state index contributed by atoms with van der Waals surface area (Å²) < 4.78 is 12.7. The molecular formula is C48H64BrNO6S. The first-order valence-corrected chi connectivity index (χ1v) is 22.5. The summed E-state index contributed by atoms with van der Waals surface area (Å²) in [7, 11) is 0. The number of fused-ring (bicyclic) bond motifs is 1. The van der Waals surface area contributed by atoms with Crippen LogP contribution in [0.5, 0.6) is 0 Å². The summed E-state index contributed by atoms with van der Waals surface area (Å²) in [6, 6.07) is 11.4. The molecule has 0 unspecified atom stereocenters. The van der Waals surface area contributed by atoms with Crippen molar-refractivity contribution in [2.75, 3.05) is 0 Å². The lowest BCUT2D eigenvalue weighted by Gasteiger charge is -2.44. The summed E-state index contributed by atoms with van der Waals surface area (Å²) in [5.74, 6) is 1.99. The monoisotopic (exact) mass is 861 g/mol. The molecule has 0 saturated heterocycles. The van der Waals surface area contributed by atoms with Crippen molar-refractivity contribution >= 4 is 45.1 Å². The first kappa shape index (κ1) is 44.8. The fourth-order valence-corrected chi connectivity index (χ4v) is 10.2. The largest absolute Gasteiger partial charge is 0.460 e. The minimum absolute atomic E-state index is 0.0127. The van der Waals surface area contributed by atoms with Gasteiger partial charge in [-0.1, -0.05) is 107 Å². The van der Waals surface area contributed by atoms with Gasteiger partial charge >= 0.3 is 12.1 Å². The van der Waals surface area contributed by atoms with Gasteiger partial charge in [-0.05, 0) is 140 Å². The molecule has 3 aliphatic rings. The SMILES string of the molecule is C=C1CC[C@H](OC(=O)[C@H](CC(=O)c2ccc(Br)s2)N(OCc2ccccc2)C(=O)OC(C)(C)C)C/C1=C/C=C1\CCC[C@]2(C)[C@@H]([C@H](C)/C=C/[C@H](C)C(C)C)CC[C@@H]12. The molecule has 1 amide bonds. The third kappa shape index (κ3) is 11.9. The predicted molar refractivity (Wildman–Crippen MR) is 234 cm³/mol. The number of allylic oxidation sites excluding steroid dienone is 6. The standard InChI is InChI=1S/C48H64BrNO6S/c1-31(2)32(3)17-18-34(5)39-23-24-40-36(16-13-27-48(39,40)9)20-21-37-28-38(22-19-33(37)4)55-45(52)41(29-42(51)43-25-26-44(49)57-43)50(46(53)56-47(6,7)8)54-30-35-14-11-10-12-15-35/h10-12,14-15,17-18,20-21,25-26,31-32,34,38-41H,4,13,16,19,22-24,27-30H2,1-3,5-9H3/b18-17+,36-20+,37-21-/t32-,34+,38-,39+,40-,41-,48+/m0/s1. The quantitative estimate of drug-likeness (QED) is 0.0814. The lowest BCUT2D eigenvalue weighted by molar-refractivity contribution is -0.198. The average Bonchev–Trinajstić information content (AvgIpc) is 3.76. The minimum atomic E-state index is -1.38. The van der Waals surface area contributed by atoms with E-state index < -0.39 is 29.8 Å². The van der Waals surface area contributed by atoms with Crippen LogP contribution in [0.2, 0.25) is 0 Å². The number of amides is 1. The van der Waals surface area contributed by atoms with Gasteiger partial charge < -0.3 is 9.47 Å². The molecule has 0 aliphatic heterocycles. The van der Waals surface area contributed by atoms with Crippen LogP contribution in [-0.2, 0) is 25.7 Å². The minimum Gasteiger partial charge on any atom is -0.460 e. The number of carbonyl (C=O) groups is 3. The van der Waals surface area contributed by atoms with Crippen molar-refractivity contribution in [3.05, 3.63) is 104 Å². The summed E-state index contributed by atoms with van der Waals surface area (Å²) in [6.45, 7) is 21.5. The zero-order valence-corrected chi connectivity index (χ0v) is 37.8. The highest BCUT2D eigenvalue weighted by Crippen LogP contribution is 2.59. The summed E-state index contributed by atoms with van der Waals surface area (Å²) in [4.78, 5) is 48.2. The molecule has 0 bridgehead atoms. The summed E-state index contributed by atoms with van der Waals surface area (Å²) in [6.07, 6.45) is 15.7. The van der Waals surface area contributed by atoms with Gasteiger partial charge in [0.15, 0.2) is 11.8 Å². The number of benzene rings is 1. The number of ketones is 1. The molecule has 1 aromatic carbocycles. The molecule has 9 heteroatoms. The Labute approximate surface area is 354 Å². The van der Waals surface area contributed by atoms with Crippen LogP contribution in [0.25, 0.3) is 0 Å². The topological polar surface area (TPSA) is 82.1 Å². The first-order valence-electron chi connectivity index (χ1n) is 20.9. The highest BCUT2D eigenvalue weighted by molar-refractivity contribution is 9.11. The summed E-state index contributed by atoms with van der Waals surface area (Å²) in [5.41, 5.74) is 3.85. The molecule has 1 aromatic heterocycles. The van der Waals surface area contributed by atoms with E-state index in [0.717, 1.165) is 32.0 Å². The van der Waals surface area contributed by atoms with Crippen molar-refractivity contribution in [3.63, 3.8) is 0 Å². The molecule has 0 N–H and O–H groups in total. The lowest BCUT2D eigenvalue weighted by atomic mass is 9.61. The Bertz CT molecular complexity index is 1820. The molecule has 3 aliphatic carbocycles. The molecule has 57 heavy (non-hydrogen) atoms. The summed E-state index contributed by atoms with van der Waals surface area (Å²) in [5, 5.41) is 0.903. The predicted octanol–water partition coefficient (Wildman–Crippen LogP) is 13.0. The smallest absolute Gasteiger partial charge is 0.435 e. The van der Waals surface area contributed by atoms with Gasteiger partial charge in [0, 0.05) is 12.8 Å². The van der Waals surface area contributed by atoms with Crippen LogP contribution in [0.1, 0.15) is 128 Å². The maximum absolute atomic E-state index is 14.3. The third-order valence-electron chi connectivity index (χ3n) is 12.5. The molecule has 3 fully saturated rings. The lowest BCUT2D eigenvalue weighted by Crippen LogP contribution is -2.49. The van der Waals surface area contributed by atoms with E-state index >= 15 is 0 Å². The maximum Gasteiger partial charge on any atom is 0.435 e. The number of hydroxylamine groups is 2. The third-order valence-corrected chi connectivity index (χ3v) is 14.1. The van der Waals surface area contributed by atoms with Crippen LogP contribution in [0.4, 0.5) is 4.79 Å². The second-order valence-electron chi connectivity index (χ2n) is 18.1. The van der Waals surface area contributed by atoms with E-state index in [4.69, 9.17) is 14.3 Å². The van der Waals surface area contributed by atoms with E-state index in [1.165, 1.54) is 42.6 Å². The zero-order valence-electron chi connectivity index (χ0n) is 35.4. The van der Waals surface area contributed by atoms with Crippen LogP contribution >= 0.6 is 27.3 Å². The van der Waals surface area contributed by atoms with Gasteiger partial charge in [0.2, 0.25) is 0 Å². The van der Waals surface area contributed by atoms with Crippen molar-refractivity contribution in [1.29, 1.82) is 0 Å². The zero-order chi connectivity index (χ0) is 41.5. The number of halogens is 1. The van der Waals surface area contributed by atoms with Crippen LogP contribution < -0.4 is 0 Å². The van der Waals surface area contributed by atoms with Crippen molar-refractivity contribution < 1.29 is 28.7 Å². The van der Waals surface area contributed by atoms with Crippen LogP contribution in [0.15, 0.2) is 93.9 Å². The van der Waals surface area contributed by atoms with Gasteiger partial charge in [0.05, 0.1) is 8.66 Å². The molecule has 1 heterocycles. The van der Waals surface area contributed by atoms with Gasteiger partial charge in [-0.3, -0.25) is 9.63 Å². The number of hydrogen-bond donors (Lipinski definition) is 0. The van der Waals surface area contributed by atoms with E-state index in [1.807, 2.05) is 30.3 Å². The van der Waals surface area contributed by atoms with Crippen molar-refractivity contribution in [3.8, 4) is 0 Å². The highest BCUT2D eigenvalue weighted by atomic mass is 79.9.